The number of carbonyl (C=O) groups is 3. The first-order valence-corrected chi connectivity index (χ1v) is 6.48. The first kappa shape index (κ1) is 15.9. The predicted molar refractivity (Wildman–Crippen MR) is 65.3 cm³/mol. The van der Waals surface area contributed by atoms with Gasteiger partial charge in [-0.3, -0.25) is 9.59 Å². The lowest BCUT2D eigenvalue weighted by atomic mass is 10.0. The first-order valence-electron chi connectivity index (χ1n) is 5.57. The maximum Gasteiger partial charge on any atom is 0.339 e. The highest BCUT2D eigenvalue weighted by molar-refractivity contribution is 9.09. The Balaban J connectivity index is 2.94. The molecule has 8 heteroatoms. The van der Waals surface area contributed by atoms with Crippen molar-refractivity contribution in [2.45, 2.75) is 43.6 Å². The molecule has 0 aromatic heterocycles. The van der Waals surface area contributed by atoms with Gasteiger partial charge in [0.1, 0.15) is 11.1 Å². The summed E-state index contributed by atoms with van der Waals surface area (Å²) < 4.78 is 20.0. The Morgan fingerprint density at radius 2 is 1.74 bits per heavy atom. The van der Waals surface area contributed by atoms with Crippen molar-refractivity contribution in [3.63, 3.8) is 0 Å². The van der Waals surface area contributed by atoms with E-state index in [9.17, 15) is 14.4 Å². The van der Waals surface area contributed by atoms with Gasteiger partial charge >= 0.3 is 17.9 Å². The fraction of sp³-hybridized carbons (Fsp3) is 0.727. The zero-order chi connectivity index (χ0) is 14.6. The van der Waals surface area contributed by atoms with Gasteiger partial charge in [-0.1, -0.05) is 15.9 Å². The van der Waals surface area contributed by atoms with Crippen molar-refractivity contribution in [3.05, 3.63) is 0 Å². The molecule has 1 unspecified atom stereocenters. The predicted octanol–water partition coefficient (Wildman–Crippen LogP) is 0.533. The van der Waals surface area contributed by atoms with Crippen LogP contribution in [0.3, 0.4) is 0 Å². The van der Waals surface area contributed by atoms with Gasteiger partial charge in [0, 0.05) is 20.3 Å². The Hall–Kier alpha value is -1.15. The van der Waals surface area contributed by atoms with Crippen LogP contribution in [0.25, 0.3) is 0 Å². The zero-order valence-electron chi connectivity index (χ0n) is 10.8. The van der Waals surface area contributed by atoms with Gasteiger partial charge in [0.15, 0.2) is 12.2 Å². The van der Waals surface area contributed by atoms with E-state index in [0.717, 1.165) is 0 Å². The quantitative estimate of drug-likeness (QED) is 0.421. The Kier molecular flexibility index (Phi) is 5.74. The molecule has 1 aliphatic heterocycles. The number of rotatable bonds is 3. The fourth-order valence-electron chi connectivity index (χ4n) is 1.77. The van der Waals surface area contributed by atoms with Gasteiger partial charge < -0.3 is 18.9 Å². The average Bonchev–Trinajstić information content (AvgIpc) is 2.30. The summed E-state index contributed by atoms with van der Waals surface area (Å²) in [6.45, 7) is 2.43. The Bertz CT molecular complexity index is 370. The summed E-state index contributed by atoms with van der Waals surface area (Å²) in [7, 11) is 1.19. The maximum absolute atomic E-state index is 11.6. The number of hydrogen-bond donors (Lipinski definition) is 0. The van der Waals surface area contributed by atoms with Crippen LogP contribution in [0.2, 0.25) is 0 Å². The summed E-state index contributed by atoms with van der Waals surface area (Å²) in [5, 5.41) is -0.507. The standard InChI is InChI=1S/C11H15BrO7/c1-5(13)17-7-4-8(12)19-10(11(15)16-3)9(7)18-6(2)14/h7-10H,4H2,1-3H3/t7-,8+,9+,10?/m1/s1. The molecule has 1 fully saturated rings. The minimum absolute atomic E-state index is 0.255. The molecule has 0 amide bonds. The van der Waals surface area contributed by atoms with Crippen molar-refractivity contribution in [3.8, 4) is 0 Å². The number of ether oxygens (including phenoxy) is 4. The van der Waals surface area contributed by atoms with Crippen LogP contribution in [0.4, 0.5) is 0 Å². The normalized spacial score (nSPS) is 30.3. The van der Waals surface area contributed by atoms with E-state index >= 15 is 0 Å². The molecule has 108 valence electrons. The summed E-state index contributed by atoms with van der Waals surface area (Å²) in [5.74, 6) is -1.84. The second kappa shape index (κ2) is 6.85. The molecule has 1 rings (SSSR count). The van der Waals surface area contributed by atoms with Crippen LogP contribution < -0.4 is 0 Å². The monoisotopic (exact) mass is 338 g/mol. The topological polar surface area (TPSA) is 88.1 Å². The summed E-state index contributed by atoms with van der Waals surface area (Å²) in [5.41, 5.74) is 0. The third kappa shape index (κ3) is 4.46. The highest BCUT2D eigenvalue weighted by Gasteiger charge is 2.46. The van der Waals surface area contributed by atoms with Gasteiger partial charge in [-0.2, -0.15) is 0 Å². The molecule has 0 bridgehead atoms. The van der Waals surface area contributed by atoms with Crippen molar-refractivity contribution in [2.75, 3.05) is 7.11 Å². The molecule has 1 heterocycles. The third-order valence-electron chi connectivity index (χ3n) is 2.43. The minimum atomic E-state index is -1.14. The molecule has 4 atom stereocenters. The number of methoxy groups -OCH3 is 1. The van der Waals surface area contributed by atoms with E-state index in [2.05, 4.69) is 20.7 Å². The van der Waals surface area contributed by atoms with Gasteiger partial charge in [-0.05, 0) is 0 Å². The van der Waals surface area contributed by atoms with Crippen LogP contribution in [0, 0.1) is 0 Å². The number of esters is 3. The van der Waals surface area contributed by atoms with Crippen molar-refractivity contribution >= 4 is 33.8 Å². The van der Waals surface area contributed by atoms with Crippen LogP contribution in [-0.4, -0.2) is 48.3 Å². The Morgan fingerprint density at radius 3 is 2.21 bits per heavy atom. The van der Waals surface area contributed by atoms with Gasteiger partial charge in [0.2, 0.25) is 0 Å². The Morgan fingerprint density at radius 1 is 1.16 bits per heavy atom. The van der Waals surface area contributed by atoms with Gasteiger partial charge in [0.25, 0.3) is 0 Å². The molecular formula is C11H15BrO7. The highest BCUT2D eigenvalue weighted by Crippen LogP contribution is 2.29. The number of alkyl halides is 1. The van der Waals surface area contributed by atoms with Crippen LogP contribution in [0.15, 0.2) is 0 Å². The van der Waals surface area contributed by atoms with E-state index in [-0.39, 0.29) is 6.42 Å². The second-order valence-electron chi connectivity index (χ2n) is 3.95. The largest absolute Gasteiger partial charge is 0.467 e. The van der Waals surface area contributed by atoms with Crippen molar-refractivity contribution in [2.24, 2.45) is 0 Å². The lowest BCUT2D eigenvalue weighted by molar-refractivity contribution is -0.205. The lowest BCUT2D eigenvalue weighted by Gasteiger charge is -2.37. The highest BCUT2D eigenvalue weighted by atomic mass is 79.9. The van der Waals surface area contributed by atoms with Gasteiger partial charge in [-0.25, -0.2) is 4.79 Å². The molecule has 0 aromatic carbocycles. The fourth-order valence-corrected chi connectivity index (χ4v) is 2.37. The van der Waals surface area contributed by atoms with Gasteiger partial charge in [-0.15, -0.1) is 0 Å². The van der Waals surface area contributed by atoms with E-state index < -0.39 is 41.2 Å². The third-order valence-corrected chi connectivity index (χ3v) is 3.02. The average molecular weight is 339 g/mol. The molecule has 19 heavy (non-hydrogen) atoms. The van der Waals surface area contributed by atoms with Crippen molar-refractivity contribution < 1.29 is 33.3 Å². The zero-order valence-corrected chi connectivity index (χ0v) is 12.3. The molecule has 0 spiro atoms. The van der Waals surface area contributed by atoms with Crippen molar-refractivity contribution in [1.82, 2.24) is 0 Å². The van der Waals surface area contributed by atoms with Crippen LogP contribution in [0.5, 0.6) is 0 Å². The molecule has 1 saturated heterocycles. The molecule has 0 N–H and O–H groups in total. The number of halogens is 1. The minimum Gasteiger partial charge on any atom is -0.467 e. The number of hydrogen-bond acceptors (Lipinski definition) is 7. The van der Waals surface area contributed by atoms with E-state index in [1.165, 1.54) is 21.0 Å². The molecule has 7 nitrogen and oxygen atoms in total. The molecule has 1 aliphatic rings. The maximum atomic E-state index is 11.6. The van der Waals surface area contributed by atoms with E-state index in [4.69, 9.17) is 14.2 Å². The molecular weight excluding hydrogens is 324 g/mol. The van der Waals surface area contributed by atoms with E-state index in [0.29, 0.717) is 0 Å². The van der Waals surface area contributed by atoms with Crippen LogP contribution in [0.1, 0.15) is 20.3 Å². The smallest absolute Gasteiger partial charge is 0.339 e. The summed E-state index contributed by atoms with van der Waals surface area (Å²) >= 11 is 3.19. The Labute approximate surface area is 118 Å². The molecule has 0 aliphatic carbocycles. The molecule has 0 aromatic rings. The van der Waals surface area contributed by atoms with E-state index in [1.807, 2.05) is 0 Å². The SMILES string of the molecule is COC(=O)C1O[C@H](Br)C[C@@H](OC(C)=O)[C@@H]1OC(C)=O. The summed E-state index contributed by atoms with van der Waals surface area (Å²) in [4.78, 5) is 33.8. The van der Waals surface area contributed by atoms with Crippen molar-refractivity contribution in [1.29, 1.82) is 0 Å². The second-order valence-corrected chi connectivity index (χ2v) is 4.97. The van der Waals surface area contributed by atoms with Crippen LogP contribution in [-0.2, 0) is 33.3 Å². The summed E-state index contributed by atoms with van der Waals surface area (Å²) in [6.07, 6.45) is -2.69. The van der Waals surface area contributed by atoms with Crippen LogP contribution >= 0.6 is 15.9 Å². The first-order chi connectivity index (χ1) is 8.85. The number of carbonyl (C=O) groups excluding carboxylic acids is 3. The summed E-state index contributed by atoms with van der Waals surface area (Å²) in [6, 6.07) is 0. The van der Waals surface area contributed by atoms with E-state index in [1.54, 1.807) is 0 Å². The van der Waals surface area contributed by atoms with Gasteiger partial charge in [0.05, 0.1) is 7.11 Å². The lowest BCUT2D eigenvalue weighted by Crippen LogP contribution is -2.54. The molecule has 0 saturated carbocycles. The molecule has 0 radical (unpaired) electrons.